The van der Waals surface area contributed by atoms with Crippen molar-refractivity contribution in [3.63, 3.8) is 0 Å². The number of ether oxygens (including phenoxy) is 6. The molecular weight excluding hydrogens is 606 g/mol. The summed E-state index contributed by atoms with van der Waals surface area (Å²) in [6.07, 6.45) is 9.26. The zero-order chi connectivity index (χ0) is 34.1. The maximum Gasteiger partial charge on any atom is 0.197 e. The zero-order valence-corrected chi connectivity index (χ0v) is 30.1. The first-order valence-corrected chi connectivity index (χ1v) is 17.6. The average Bonchev–Trinajstić information content (AvgIpc) is 3.57. The van der Waals surface area contributed by atoms with E-state index < -0.39 is 5.60 Å². The smallest absolute Gasteiger partial charge is 0.197 e. The molecule has 2 unspecified atom stereocenters. The lowest BCUT2D eigenvalue weighted by atomic mass is 9.57. The number of likely N-dealkylation sites (N-methyl/N-ethyl adjacent to an activating group) is 1. The number of aromatic nitrogens is 1. The molecule has 262 valence electrons. The molecule has 0 saturated carbocycles. The van der Waals surface area contributed by atoms with E-state index in [1.54, 1.807) is 7.11 Å². The predicted octanol–water partition coefficient (Wildman–Crippen LogP) is 6.68. The van der Waals surface area contributed by atoms with Crippen LogP contribution in [0, 0.1) is 5.92 Å². The molecule has 9 heteroatoms. The number of aromatic amines is 1. The number of benzene rings is 2. The van der Waals surface area contributed by atoms with Crippen molar-refractivity contribution in [1.29, 1.82) is 0 Å². The summed E-state index contributed by atoms with van der Waals surface area (Å²) in [7, 11) is 8.12. The highest BCUT2D eigenvalue weighted by atomic mass is 16.7. The quantitative estimate of drug-likeness (QED) is 0.110. The monoisotopic (exact) mass is 661 g/mol. The van der Waals surface area contributed by atoms with Gasteiger partial charge in [-0.05, 0) is 96.0 Å². The van der Waals surface area contributed by atoms with Gasteiger partial charge >= 0.3 is 0 Å². The maximum atomic E-state index is 7.08. The molecule has 3 aromatic rings. The fourth-order valence-electron chi connectivity index (χ4n) is 8.09. The summed E-state index contributed by atoms with van der Waals surface area (Å²) in [4.78, 5) is 7.98. The molecule has 3 heterocycles. The van der Waals surface area contributed by atoms with Crippen LogP contribution in [0.15, 0.2) is 48.7 Å². The van der Waals surface area contributed by atoms with E-state index in [0.717, 1.165) is 73.5 Å². The molecule has 1 N–H and O–H groups in total. The maximum absolute atomic E-state index is 7.08. The molecule has 1 aromatic heterocycles. The van der Waals surface area contributed by atoms with Gasteiger partial charge in [0.15, 0.2) is 24.1 Å². The fourth-order valence-corrected chi connectivity index (χ4v) is 8.09. The van der Waals surface area contributed by atoms with Crippen LogP contribution in [-0.4, -0.2) is 93.6 Å². The molecule has 48 heavy (non-hydrogen) atoms. The van der Waals surface area contributed by atoms with Gasteiger partial charge in [0.2, 0.25) is 0 Å². The number of hydrogen-bond donors (Lipinski definition) is 1. The molecule has 5 atom stereocenters. The number of nitrogens with zero attached hydrogens (tertiary/aromatic N) is 2. The van der Waals surface area contributed by atoms with Crippen LogP contribution in [0.3, 0.4) is 0 Å². The Kier molecular flexibility index (Phi) is 10.4. The minimum Gasteiger partial charge on any atom is -0.493 e. The van der Waals surface area contributed by atoms with Crippen LogP contribution in [0.2, 0.25) is 0 Å². The van der Waals surface area contributed by atoms with E-state index in [2.05, 4.69) is 86.3 Å². The topological polar surface area (TPSA) is 77.7 Å². The third-order valence-electron chi connectivity index (χ3n) is 10.5. The third-order valence-corrected chi connectivity index (χ3v) is 10.5. The standard InChI is InChI=1S/C39H55N3O6/c1-26(2)39-23-31(15-17-38(39)18-20-42(7)25-30-13-14-34(43-8)37(48-39)36(30)38)46-27(3)44-21-10-22-45-28(4)47-33-12-9-11-32-35(33)29(24-40-32)16-19-41(5)6/h9,11-15,17,24,26-28,31,40H,10,16,18-23,25H2,1-8H3/t27?,28?,31-,38+,39+/m0/s1. The van der Waals surface area contributed by atoms with Crippen molar-refractivity contribution in [2.75, 3.05) is 54.6 Å². The van der Waals surface area contributed by atoms with Gasteiger partial charge in [-0.1, -0.05) is 38.1 Å². The zero-order valence-electron chi connectivity index (χ0n) is 30.1. The van der Waals surface area contributed by atoms with Gasteiger partial charge in [-0.25, -0.2) is 0 Å². The molecule has 0 radical (unpaired) electrons. The first kappa shape index (κ1) is 34.8. The number of nitrogens with one attached hydrogen (secondary N) is 1. The van der Waals surface area contributed by atoms with Crippen molar-refractivity contribution in [2.45, 2.75) is 89.6 Å². The minimum atomic E-state index is -0.440. The van der Waals surface area contributed by atoms with Crippen molar-refractivity contribution >= 4 is 10.9 Å². The van der Waals surface area contributed by atoms with Gasteiger partial charge in [-0.15, -0.1) is 0 Å². The largest absolute Gasteiger partial charge is 0.493 e. The first-order chi connectivity index (χ1) is 23.1. The Morgan fingerprint density at radius 3 is 2.58 bits per heavy atom. The van der Waals surface area contributed by atoms with Gasteiger partial charge in [-0.2, -0.15) is 0 Å². The molecule has 0 bridgehead atoms. The number of H-pyrrole nitrogens is 1. The lowest BCUT2D eigenvalue weighted by Crippen LogP contribution is -2.58. The van der Waals surface area contributed by atoms with Crippen molar-refractivity contribution < 1.29 is 28.4 Å². The highest BCUT2D eigenvalue weighted by molar-refractivity contribution is 5.89. The first-order valence-electron chi connectivity index (χ1n) is 17.6. The van der Waals surface area contributed by atoms with E-state index in [1.165, 1.54) is 16.7 Å². The molecule has 0 amide bonds. The molecule has 0 saturated heterocycles. The van der Waals surface area contributed by atoms with E-state index in [4.69, 9.17) is 28.4 Å². The van der Waals surface area contributed by atoms with Gasteiger partial charge < -0.3 is 43.2 Å². The highest BCUT2D eigenvalue weighted by Gasteiger charge is 2.64. The molecule has 2 aromatic carbocycles. The van der Waals surface area contributed by atoms with Crippen molar-refractivity contribution in [1.82, 2.24) is 14.8 Å². The average molecular weight is 662 g/mol. The summed E-state index contributed by atoms with van der Waals surface area (Å²) in [5.41, 5.74) is 4.28. The van der Waals surface area contributed by atoms with Crippen LogP contribution >= 0.6 is 0 Å². The van der Waals surface area contributed by atoms with Gasteiger partial charge in [0.1, 0.15) is 11.4 Å². The SMILES string of the molecule is COc1ccc2c3c1O[C@@]1(C(C)C)C[C@@H](OC(C)OCCCOC(C)Oc4cccc5[nH]cc(CCN(C)C)c45)C=C[C@@]31CCN(C)C2. The number of methoxy groups -OCH3 is 1. The van der Waals surface area contributed by atoms with Crippen molar-refractivity contribution in [3.05, 3.63) is 65.4 Å². The van der Waals surface area contributed by atoms with Gasteiger partial charge in [0.25, 0.3) is 0 Å². The molecule has 6 rings (SSSR count). The number of fused-ring (bicyclic) bond motifs is 1. The van der Waals surface area contributed by atoms with E-state index in [1.807, 2.05) is 26.0 Å². The molecule has 2 aliphatic heterocycles. The summed E-state index contributed by atoms with van der Waals surface area (Å²) >= 11 is 0. The molecular formula is C39H55N3O6. The molecule has 3 aliphatic rings. The Morgan fingerprint density at radius 1 is 1.04 bits per heavy atom. The van der Waals surface area contributed by atoms with Gasteiger partial charge in [0.05, 0.1) is 31.8 Å². The second-order valence-electron chi connectivity index (χ2n) is 14.4. The van der Waals surface area contributed by atoms with Crippen molar-refractivity contribution in [3.8, 4) is 17.2 Å². The van der Waals surface area contributed by atoms with Crippen LogP contribution in [-0.2, 0) is 32.6 Å². The molecule has 9 nitrogen and oxygen atoms in total. The lowest BCUT2D eigenvalue weighted by Gasteiger charge is -2.50. The molecule has 1 spiro atoms. The summed E-state index contributed by atoms with van der Waals surface area (Å²) in [5.74, 6) is 2.81. The van der Waals surface area contributed by atoms with E-state index in [-0.39, 0.29) is 30.0 Å². The lowest BCUT2D eigenvalue weighted by molar-refractivity contribution is -0.171. The number of hydrogen-bond acceptors (Lipinski definition) is 8. The van der Waals surface area contributed by atoms with Crippen LogP contribution in [0.1, 0.15) is 63.6 Å². The Balaban J connectivity index is 1.02. The predicted molar refractivity (Wildman–Crippen MR) is 189 cm³/mol. The highest BCUT2D eigenvalue weighted by Crippen LogP contribution is 2.63. The normalized spacial score (nSPS) is 24.8. The minimum absolute atomic E-state index is 0.124. The molecule has 0 fully saturated rings. The second-order valence-corrected chi connectivity index (χ2v) is 14.4. The summed E-state index contributed by atoms with van der Waals surface area (Å²) in [5, 5.41) is 1.13. The van der Waals surface area contributed by atoms with E-state index in [9.17, 15) is 0 Å². The van der Waals surface area contributed by atoms with Gasteiger partial charge in [-0.3, -0.25) is 0 Å². The second kappa shape index (κ2) is 14.4. The number of rotatable bonds is 15. The van der Waals surface area contributed by atoms with Crippen LogP contribution in [0.5, 0.6) is 17.2 Å². The summed E-state index contributed by atoms with van der Waals surface area (Å²) < 4.78 is 37.8. The van der Waals surface area contributed by atoms with Crippen LogP contribution in [0.4, 0.5) is 0 Å². The van der Waals surface area contributed by atoms with Crippen LogP contribution < -0.4 is 14.2 Å². The fraction of sp³-hybridized carbons (Fsp3) is 0.590. The summed E-state index contributed by atoms with van der Waals surface area (Å²) in [6, 6.07) is 10.4. The third kappa shape index (κ3) is 6.60. The van der Waals surface area contributed by atoms with E-state index >= 15 is 0 Å². The van der Waals surface area contributed by atoms with Gasteiger partial charge in [0, 0.05) is 42.2 Å². The molecule has 1 aliphatic carbocycles. The Hall–Kier alpha value is -3.08. The summed E-state index contributed by atoms with van der Waals surface area (Å²) in [6.45, 7) is 12.4. The Morgan fingerprint density at radius 2 is 1.83 bits per heavy atom. The van der Waals surface area contributed by atoms with Crippen LogP contribution in [0.25, 0.3) is 10.9 Å². The Labute approximate surface area is 286 Å². The Bertz CT molecular complexity index is 1590. The van der Waals surface area contributed by atoms with E-state index in [0.29, 0.717) is 13.2 Å². The van der Waals surface area contributed by atoms with Crippen molar-refractivity contribution in [2.24, 2.45) is 5.92 Å².